The van der Waals surface area contributed by atoms with Crippen molar-refractivity contribution in [2.75, 3.05) is 26.7 Å². The number of nitrogens with one attached hydrogen (secondary N) is 2. The molecule has 32 heavy (non-hydrogen) atoms. The number of benzene rings is 1. The lowest BCUT2D eigenvalue weighted by molar-refractivity contribution is 0.214. The Morgan fingerprint density at radius 1 is 1.25 bits per heavy atom. The predicted octanol–water partition coefficient (Wildman–Crippen LogP) is 3.02. The lowest BCUT2D eigenvalue weighted by atomic mass is 9.99. The van der Waals surface area contributed by atoms with Gasteiger partial charge in [0.2, 0.25) is 0 Å². The summed E-state index contributed by atoms with van der Waals surface area (Å²) in [5.41, 5.74) is 1.16. The van der Waals surface area contributed by atoms with E-state index >= 15 is 4.39 Å². The van der Waals surface area contributed by atoms with Crippen LogP contribution in [0.5, 0.6) is 5.75 Å². The molecule has 2 aromatic heterocycles. The van der Waals surface area contributed by atoms with Crippen LogP contribution in [0.2, 0.25) is 0 Å². The summed E-state index contributed by atoms with van der Waals surface area (Å²) in [4.78, 5) is 3.95. The molecule has 0 radical (unpaired) electrons. The number of rotatable bonds is 8. The number of aromatic nitrogens is 2. The molecule has 1 fully saturated rings. The van der Waals surface area contributed by atoms with Crippen molar-refractivity contribution in [3.05, 3.63) is 66.4 Å². The average Bonchev–Trinajstić information content (AvgIpc) is 3.24. The summed E-state index contributed by atoms with van der Waals surface area (Å²) < 4.78 is 48.6. The molecular weight excluding hydrogens is 431 g/mol. The van der Waals surface area contributed by atoms with Crippen LogP contribution in [0.1, 0.15) is 18.4 Å². The molecule has 0 spiro atoms. The molecule has 0 atom stereocenters. The summed E-state index contributed by atoms with van der Waals surface area (Å²) >= 11 is 0. The fourth-order valence-electron chi connectivity index (χ4n) is 3.86. The second-order valence-electron chi connectivity index (χ2n) is 7.90. The fraction of sp³-hybridized carbons (Fsp3) is 0.348. The lowest BCUT2D eigenvalue weighted by Crippen LogP contribution is -2.30. The van der Waals surface area contributed by atoms with Gasteiger partial charge >= 0.3 is 0 Å². The van der Waals surface area contributed by atoms with E-state index in [0.717, 1.165) is 35.5 Å². The van der Waals surface area contributed by atoms with Gasteiger partial charge in [-0.15, -0.1) is 0 Å². The van der Waals surface area contributed by atoms with Gasteiger partial charge in [-0.25, -0.2) is 16.8 Å². The SMILES string of the molecule is CNCc1cc(-c2ccc(OCC3CCNCC3)cc2F)n(S(=O)(=O)c2cccnc2)c1. The van der Waals surface area contributed by atoms with Crippen LogP contribution in [-0.4, -0.2) is 44.1 Å². The standard InChI is InChI=1S/C23H27FN4O3S/c1-25-13-18-11-23(28(15-18)32(29,30)20-3-2-8-27-14-20)21-5-4-19(12-22(21)24)31-16-17-6-9-26-10-7-17/h2-5,8,11-12,14-15,17,25-26H,6-7,9-10,13,16H2,1H3. The van der Waals surface area contributed by atoms with E-state index in [2.05, 4.69) is 15.6 Å². The Balaban J connectivity index is 1.65. The highest BCUT2D eigenvalue weighted by atomic mass is 32.2. The maximum atomic E-state index is 15.1. The highest BCUT2D eigenvalue weighted by Crippen LogP contribution is 2.31. The van der Waals surface area contributed by atoms with Crippen molar-refractivity contribution in [2.24, 2.45) is 5.92 Å². The molecule has 0 bridgehead atoms. The Labute approximate surface area is 187 Å². The molecule has 0 saturated carbocycles. The van der Waals surface area contributed by atoms with Gasteiger partial charge < -0.3 is 15.4 Å². The second kappa shape index (κ2) is 9.81. The van der Waals surface area contributed by atoms with Crippen LogP contribution in [0.25, 0.3) is 11.3 Å². The third kappa shape index (κ3) is 4.85. The Bertz CT molecular complexity index is 1160. The zero-order chi connectivity index (χ0) is 22.6. The molecular formula is C23H27FN4O3S. The molecule has 7 nitrogen and oxygen atoms in total. The zero-order valence-electron chi connectivity index (χ0n) is 17.9. The maximum Gasteiger partial charge on any atom is 0.269 e. The summed E-state index contributed by atoms with van der Waals surface area (Å²) in [6.07, 6.45) is 6.37. The second-order valence-corrected chi connectivity index (χ2v) is 9.71. The van der Waals surface area contributed by atoms with Gasteiger partial charge in [0.15, 0.2) is 0 Å². The number of pyridine rings is 1. The molecule has 3 aromatic rings. The lowest BCUT2D eigenvalue weighted by Gasteiger charge is -2.22. The van der Waals surface area contributed by atoms with E-state index in [1.165, 1.54) is 30.7 Å². The average molecular weight is 459 g/mol. The Morgan fingerprint density at radius 3 is 2.75 bits per heavy atom. The van der Waals surface area contributed by atoms with E-state index in [-0.39, 0.29) is 16.2 Å². The molecule has 0 unspecified atom stereocenters. The Morgan fingerprint density at radius 2 is 2.06 bits per heavy atom. The number of hydrogen-bond acceptors (Lipinski definition) is 6. The third-order valence-electron chi connectivity index (χ3n) is 5.58. The monoisotopic (exact) mass is 458 g/mol. The van der Waals surface area contributed by atoms with Gasteiger partial charge in [0.05, 0.1) is 12.3 Å². The predicted molar refractivity (Wildman–Crippen MR) is 120 cm³/mol. The van der Waals surface area contributed by atoms with Crippen LogP contribution in [0, 0.1) is 11.7 Å². The first-order chi connectivity index (χ1) is 15.5. The van der Waals surface area contributed by atoms with Crippen molar-refractivity contribution in [1.82, 2.24) is 19.6 Å². The van der Waals surface area contributed by atoms with Gasteiger partial charge in [-0.2, -0.15) is 0 Å². The first-order valence-electron chi connectivity index (χ1n) is 10.6. The number of piperidine rings is 1. The minimum atomic E-state index is -3.94. The third-order valence-corrected chi connectivity index (χ3v) is 7.23. The minimum absolute atomic E-state index is 0.0372. The highest BCUT2D eigenvalue weighted by Gasteiger charge is 2.24. The molecule has 0 amide bonds. The number of ether oxygens (including phenoxy) is 1. The van der Waals surface area contributed by atoms with Crippen molar-refractivity contribution < 1.29 is 17.5 Å². The molecule has 3 heterocycles. The van der Waals surface area contributed by atoms with Gasteiger partial charge in [-0.1, -0.05) is 0 Å². The summed E-state index contributed by atoms with van der Waals surface area (Å²) in [5, 5.41) is 6.31. The van der Waals surface area contributed by atoms with Crippen LogP contribution in [0.3, 0.4) is 0 Å². The Kier molecular flexibility index (Phi) is 6.88. The smallest absolute Gasteiger partial charge is 0.269 e. The minimum Gasteiger partial charge on any atom is -0.493 e. The van der Waals surface area contributed by atoms with E-state index in [1.54, 1.807) is 31.3 Å². The van der Waals surface area contributed by atoms with Crippen LogP contribution in [0.4, 0.5) is 4.39 Å². The maximum absolute atomic E-state index is 15.1. The molecule has 2 N–H and O–H groups in total. The summed E-state index contributed by atoms with van der Waals surface area (Å²) in [5.74, 6) is 0.350. The first-order valence-corrected chi connectivity index (χ1v) is 12.1. The molecule has 0 aliphatic carbocycles. The molecule has 4 rings (SSSR count). The summed E-state index contributed by atoms with van der Waals surface area (Å²) in [6.45, 7) is 2.93. The van der Waals surface area contributed by atoms with Crippen LogP contribution < -0.4 is 15.4 Å². The van der Waals surface area contributed by atoms with E-state index in [0.29, 0.717) is 24.8 Å². The summed E-state index contributed by atoms with van der Waals surface area (Å²) in [7, 11) is -2.18. The Hall–Kier alpha value is -2.75. The van der Waals surface area contributed by atoms with Crippen molar-refractivity contribution >= 4 is 10.0 Å². The van der Waals surface area contributed by atoms with E-state index in [4.69, 9.17) is 4.74 Å². The summed E-state index contributed by atoms with van der Waals surface area (Å²) in [6, 6.07) is 9.28. The van der Waals surface area contributed by atoms with Gasteiger partial charge in [0.1, 0.15) is 16.5 Å². The largest absolute Gasteiger partial charge is 0.493 e. The van der Waals surface area contributed by atoms with Crippen LogP contribution >= 0.6 is 0 Å². The number of hydrogen-bond donors (Lipinski definition) is 2. The first kappa shape index (κ1) is 22.4. The van der Waals surface area contributed by atoms with Crippen molar-refractivity contribution in [1.29, 1.82) is 0 Å². The topological polar surface area (TPSA) is 85.2 Å². The number of halogens is 1. The molecule has 9 heteroatoms. The van der Waals surface area contributed by atoms with Crippen molar-refractivity contribution in [3.8, 4) is 17.0 Å². The molecule has 1 aliphatic rings. The van der Waals surface area contributed by atoms with E-state index in [9.17, 15) is 8.42 Å². The normalized spacial score (nSPS) is 15.1. The van der Waals surface area contributed by atoms with Gasteiger partial charge in [-0.05, 0) is 74.8 Å². The van der Waals surface area contributed by atoms with E-state index < -0.39 is 15.8 Å². The van der Waals surface area contributed by atoms with Gasteiger partial charge in [0.25, 0.3) is 10.0 Å². The van der Waals surface area contributed by atoms with Crippen molar-refractivity contribution in [2.45, 2.75) is 24.3 Å². The van der Waals surface area contributed by atoms with Gasteiger partial charge in [0, 0.05) is 36.8 Å². The fourth-order valence-corrected chi connectivity index (χ4v) is 5.22. The van der Waals surface area contributed by atoms with E-state index in [1.807, 2.05) is 0 Å². The quantitative estimate of drug-likeness (QED) is 0.540. The van der Waals surface area contributed by atoms with Crippen LogP contribution in [-0.2, 0) is 16.6 Å². The molecule has 1 saturated heterocycles. The molecule has 170 valence electrons. The molecule has 1 aliphatic heterocycles. The van der Waals surface area contributed by atoms with Crippen molar-refractivity contribution in [3.63, 3.8) is 0 Å². The highest BCUT2D eigenvalue weighted by molar-refractivity contribution is 7.90. The molecule has 1 aromatic carbocycles. The number of nitrogens with zero attached hydrogens (tertiary/aromatic N) is 2. The van der Waals surface area contributed by atoms with Crippen LogP contribution in [0.15, 0.2) is 59.9 Å². The zero-order valence-corrected chi connectivity index (χ0v) is 18.7. The van der Waals surface area contributed by atoms with Gasteiger partial charge in [-0.3, -0.25) is 4.98 Å².